The molecule has 1 unspecified atom stereocenters. The number of likely N-dealkylation sites (tertiary alicyclic amines) is 1. The van der Waals surface area contributed by atoms with Gasteiger partial charge in [-0.05, 0) is 64.8 Å². The fraction of sp³-hybridized carbons (Fsp3) is 0.611. The molecule has 1 fully saturated rings. The van der Waals surface area contributed by atoms with Gasteiger partial charge in [-0.2, -0.15) is 0 Å². The maximum absolute atomic E-state index is 12.2. The van der Waals surface area contributed by atoms with Crippen molar-refractivity contribution in [2.24, 2.45) is 0 Å². The van der Waals surface area contributed by atoms with Gasteiger partial charge >= 0.3 is 0 Å². The molecule has 1 amide bonds. The Bertz CT molecular complexity index is 491. The van der Waals surface area contributed by atoms with E-state index in [-0.39, 0.29) is 11.4 Å². The molecule has 1 N–H and O–H groups in total. The highest BCUT2D eigenvalue weighted by atomic mass is 16.5. The van der Waals surface area contributed by atoms with E-state index < -0.39 is 0 Å². The molecule has 1 saturated heterocycles. The highest BCUT2D eigenvalue weighted by molar-refractivity contribution is 5.78. The van der Waals surface area contributed by atoms with Crippen LogP contribution >= 0.6 is 0 Å². The molecule has 22 heavy (non-hydrogen) atoms. The van der Waals surface area contributed by atoms with Crippen LogP contribution in [0, 0.1) is 0 Å². The average Bonchev–Trinajstić information content (AvgIpc) is 2.86. The van der Waals surface area contributed by atoms with Crippen LogP contribution in [0.1, 0.15) is 52.1 Å². The minimum atomic E-state index is -0.175. The van der Waals surface area contributed by atoms with E-state index in [1.807, 2.05) is 39.8 Å². The van der Waals surface area contributed by atoms with E-state index >= 15 is 0 Å². The standard InChI is InChI=1S/C18H28N2O2/c1-5-22-15-10-8-14(9-11-15)16-7-6-12-20(16)13-17(21)19-18(2,3)4/h8-11,16H,5-7,12-13H2,1-4H3,(H,19,21). The summed E-state index contributed by atoms with van der Waals surface area (Å²) in [5, 5.41) is 3.04. The van der Waals surface area contributed by atoms with Gasteiger partial charge in [0.1, 0.15) is 5.75 Å². The first kappa shape index (κ1) is 16.8. The normalized spacial score (nSPS) is 19.2. The summed E-state index contributed by atoms with van der Waals surface area (Å²) in [5.74, 6) is 1.01. The van der Waals surface area contributed by atoms with Crippen molar-refractivity contribution in [3.05, 3.63) is 29.8 Å². The molecule has 1 heterocycles. The number of ether oxygens (including phenoxy) is 1. The molecule has 0 radical (unpaired) electrons. The van der Waals surface area contributed by atoms with Crippen LogP contribution in [-0.4, -0.2) is 36.0 Å². The number of rotatable bonds is 5. The van der Waals surface area contributed by atoms with Gasteiger partial charge in [-0.3, -0.25) is 9.69 Å². The Morgan fingerprint density at radius 2 is 2.00 bits per heavy atom. The van der Waals surface area contributed by atoms with Crippen LogP contribution in [0.5, 0.6) is 5.75 Å². The van der Waals surface area contributed by atoms with Crippen molar-refractivity contribution in [2.45, 2.75) is 52.1 Å². The molecule has 4 heteroatoms. The number of carbonyl (C=O) groups excluding carboxylic acids is 1. The van der Waals surface area contributed by atoms with Gasteiger partial charge in [0, 0.05) is 11.6 Å². The van der Waals surface area contributed by atoms with Gasteiger partial charge < -0.3 is 10.1 Å². The summed E-state index contributed by atoms with van der Waals surface area (Å²) in [5.41, 5.74) is 1.09. The zero-order chi connectivity index (χ0) is 16.2. The highest BCUT2D eigenvalue weighted by Gasteiger charge is 2.28. The topological polar surface area (TPSA) is 41.6 Å². The molecule has 1 aromatic rings. The van der Waals surface area contributed by atoms with Crippen molar-refractivity contribution in [1.82, 2.24) is 10.2 Å². The number of carbonyl (C=O) groups is 1. The molecule has 0 saturated carbocycles. The summed E-state index contributed by atoms with van der Waals surface area (Å²) in [4.78, 5) is 14.4. The third-order valence-corrected chi connectivity index (χ3v) is 3.80. The fourth-order valence-corrected chi connectivity index (χ4v) is 2.99. The van der Waals surface area contributed by atoms with E-state index in [2.05, 4.69) is 22.3 Å². The van der Waals surface area contributed by atoms with Gasteiger partial charge in [0.15, 0.2) is 0 Å². The van der Waals surface area contributed by atoms with Gasteiger partial charge in [-0.25, -0.2) is 0 Å². The predicted molar refractivity (Wildman–Crippen MR) is 89.1 cm³/mol. The molecule has 0 aromatic heterocycles. The first-order valence-corrected chi connectivity index (χ1v) is 8.17. The molecule has 0 aliphatic carbocycles. The number of nitrogens with zero attached hydrogens (tertiary/aromatic N) is 1. The van der Waals surface area contributed by atoms with Gasteiger partial charge in [0.05, 0.1) is 13.2 Å². The number of hydrogen-bond donors (Lipinski definition) is 1. The van der Waals surface area contributed by atoms with Crippen molar-refractivity contribution in [3.63, 3.8) is 0 Å². The van der Waals surface area contributed by atoms with Crippen molar-refractivity contribution < 1.29 is 9.53 Å². The van der Waals surface area contributed by atoms with E-state index in [0.717, 1.165) is 25.1 Å². The minimum Gasteiger partial charge on any atom is -0.494 e. The van der Waals surface area contributed by atoms with Crippen LogP contribution in [-0.2, 0) is 4.79 Å². The second-order valence-electron chi connectivity index (χ2n) is 6.93. The lowest BCUT2D eigenvalue weighted by molar-refractivity contribution is -0.123. The van der Waals surface area contributed by atoms with Crippen LogP contribution < -0.4 is 10.1 Å². The highest BCUT2D eigenvalue weighted by Crippen LogP contribution is 2.32. The monoisotopic (exact) mass is 304 g/mol. The van der Waals surface area contributed by atoms with Crippen LogP contribution in [0.25, 0.3) is 0 Å². The largest absolute Gasteiger partial charge is 0.494 e. The SMILES string of the molecule is CCOc1ccc(C2CCCN2CC(=O)NC(C)(C)C)cc1. The summed E-state index contributed by atoms with van der Waals surface area (Å²) in [6.45, 7) is 10.2. The molecule has 0 spiro atoms. The van der Waals surface area contributed by atoms with Crippen molar-refractivity contribution in [2.75, 3.05) is 19.7 Å². The summed E-state index contributed by atoms with van der Waals surface area (Å²) in [6, 6.07) is 8.61. The Labute approximate surface area is 133 Å². The summed E-state index contributed by atoms with van der Waals surface area (Å²) in [7, 11) is 0. The number of nitrogens with one attached hydrogen (secondary N) is 1. The second-order valence-corrected chi connectivity index (χ2v) is 6.93. The smallest absolute Gasteiger partial charge is 0.234 e. The van der Waals surface area contributed by atoms with Gasteiger partial charge in [0.2, 0.25) is 5.91 Å². The van der Waals surface area contributed by atoms with Gasteiger partial charge in [0.25, 0.3) is 0 Å². The van der Waals surface area contributed by atoms with Crippen LogP contribution in [0.3, 0.4) is 0 Å². The number of amides is 1. The molecule has 4 nitrogen and oxygen atoms in total. The maximum Gasteiger partial charge on any atom is 0.234 e. The molecule has 1 aliphatic heterocycles. The Kier molecular flexibility index (Phi) is 5.46. The third-order valence-electron chi connectivity index (χ3n) is 3.80. The lowest BCUT2D eigenvalue weighted by Crippen LogP contribution is -2.45. The van der Waals surface area contributed by atoms with Crippen LogP contribution in [0.2, 0.25) is 0 Å². The first-order chi connectivity index (χ1) is 10.4. The summed E-state index contributed by atoms with van der Waals surface area (Å²) >= 11 is 0. The average molecular weight is 304 g/mol. The molecular weight excluding hydrogens is 276 g/mol. The van der Waals surface area contributed by atoms with E-state index in [0.29, 0.717) is 19.2 Å². The molecule has 1 aromatic carbocycles. The Balaban J connectivity index is 1.99. The zero-order valence-electron chi connectivity index (χ0n) is 14.2. The van der Waals surface area contributed by atoms with Crippen molar-refractivity contribution >= 4 is 5.91 Å². The molecule has 122 valence electrons. The van der Waals surface area contributed by atoms with Crippen molar-refractivity contribution in [1.29, 1.82) is 0 Å². The number of benzene rings is 1. The third kappa shape index (κ3) is 4.73. The fourth-order valence-electron chi connectivity index (χ4n) is 2.99. The Morgan fingerprint density at radius 3 is 2.59 bits per heavy atom. The van der Waals surface area contributed by atoms with Crippen LogP contribution in [0.15, 0.2) is 24.3 Å². The predicted octanol–water partition coefficient (Wildman–Crippen LogP) is 3.14. The molecule has 0 bridgehead atoms. The van der Waals surface area contributed by atoms with Gasteiger partial charge in [-0.1, -0.05) is 12.1 Å². The Morgan fingerprint density at radius 1 is 1.32 bits per heavy atom. The molecular formula is C18H28N2O2. The lowest BCUT2D eigenvalue weighted by Gasteiger charge is -2.27. The van der Waals surface area contributed by atoms with E-state index in [1.165, 1.54) is 5.56 Å². The van der Waals surface area contributed by atoms with E-state index in [4.69, 9.17) is 4.74 Å². The molecule has 1 atom stereocenters. The number of hydrogen-bond acceptors (Lipinski definition) is 3. The first-order valence-electron chi connectivity index (χ1n) is 8.17. The van der Waals surface area contributed by atoms with E-state index in [1.54, 1.807) is 0 Å². The maximum atomic E-state index is 12.2. The zero-order valence-corrected chi connectivity index (χ0v) is 14.2. The van der Waals surface area contributed by atoms with E-state index in [9.17, 15) is 4.79 Å². The van der Waals surface area contributed by atoms with Crippen molar-refractivity contribution in [3.8, 4) is 5.75 Å². The summed E-state index contributed by atoms with van der Waals surface area (Å²) < 4.78 is 5.49. The van der Waals surface area contributed by atoms with Crippen LogP contribution in [0.4, 0.5) is 0 Å². The molecule has 2 rings (SSSR count). The van der Waals surface area contributed by atoms with Gasteiger partial charge in [-0.15, -0.1) is 0 Å². The quantitative estimate of drug-likeness (QED) is 0.908. The second kappa shape index (κ2) is 7.14. The summed E-state index contributed by atoms with van der Waals surface area (Å²) in [6.07, 6.45) is 2.25. The lowest BCUT2D eigenvalue weighted by atomic mass is 10.0. The molecule has 1 aliphatic rings. The Hall–Kier alpha value is -1.55. The minimum absolute atomic E-state index is 0.102.